The molecule has 0 radical (unpaired) electrons. The molecular weight excluding hydrogens is 700 g/mol. The molecule has 4 N–H and O–H groups in total. The van der Waals surface area contributed by atoms with Gasteiger partial charge in [-0.1, -0.05) is 134 Å². The van der Waals surface area contributed by atoms with Crippen molar-refractivity contribution in [1.82, 2.24) is 0 Å². The number of carbonyl (C=O) groups is 2. The summed E-state index contributed by atoms with van der Waals surface area (Å²) in [6, 6.07) is 0. The van der Waals surface area contributed by atoms with E-state index in [0.29, 0.717) is 12.8 Å². The van der Waals surface area contributed by atoms with Gasteiger partial charge >= 0.3 is 11.9 Å². The molecule has 1 saturated heterocycles. The third-order valence-corrected chi connectivity index (χ3v) is 10.00. The zero-order valence-corrected chi connectivity index (χ0v) is 34.7. The molecule has 0 amide bonds. The largest absolute Gasteiger partial charge is 0.462 e. The highest BCUT2D eigenvalue weighted by Gasteiger charge is 2.44. The average molecular weight is 781 g/mol. The molecule has 320 valence electrons. The van der Waals surface area contributed by atoms with Crippen molar-refractivity contribution in [3.05, 3.63) is 36.5 Å². The summed E-state index contributed by atoms with van der Waals surface area (Å²) in [4.78, 5) is 25.3. The van der Waals surface area contributed by atoms with Crippen LogP contribution in [-0.4, -0.2) is 89.0 Å². The highest BCUT2D eigenvalue weighted by atomic mass is 16.7. The molecule has 0 aliphatic carbocycles. The van der Waals surface area contributed by atoms with E-state index in [1.54, 1.807) is 0 Å². The number of aliphatic hydroxyl groups excluding tert-OH is 4. The average Bonchev–Trinajstić information content (AvgIpc) is 3.18. The summed E-state index contributed by atoms with van der Waals surface area (Å²) in [5.74, 6) is -0.832. The third kappa shape index (κ3) is 28.0. The normalized spacial score (nSPS) is 20.9. The summed E-state index contributed by atoms with van der Waals surface area (Å²) >= 11 is 0. The van der Waals surface area contributed by atoms with Crippen molar-refractivity contribution in [2.45, 2.75) is 218 Å². The van der Waals surface area contributed by atoms with Gasteiger partial charge in [0.25, 0.3) is 0 Å². The van der Waals surface area contributed by atoms with Gasteiger partial charge < -0.3 is 39.4 Å². The topological polar surface area (TPSA) is 152 Å². The van der Waals surface area contributed by atoms with E-state index in [1.165, 1.54) is 70.6 Å². The predicted octanol–water partition coefficient (Wildman–Crippen LogP) is 9.11. The van der Waals surface area contributed by atoms with Gasteiger partial charge in [-0.05, 0) is 70.6 Å². The van der Waals surface area contributed by atoms with Crippen molar-refractivity contribution < 1.29 is 49.0 Å². The van der Waals surface area contributed by atoms with Gasteiger partial charge in [-0.3, -0.25) is 9.59 Å². The van der Waals surface area contributed by atoms with Crippen LogP contribution < -0.4 is 0 Å². The van der Waals surface area contributed by atoms with E-state index >= 15 is 0 Å². The van der Waals surface area contributed by atoms with Crippen LogP contribution in [0.5, 0.6) is 0 Å². The maximum atomic E-state index is 12.8. The van der Waals surface area contributed by atoms with Gasteiger partial charge in [0.2, 0.25) is 0 Å². The number of rotatable bonds is 36. The molecule has 0 saturated carbocycles. The fraction of sp³-hybridized carbons (Fsp3) is 0.822. The lowest BCUT2D eigenvalue weighted by Crippen LogP contribution is -2.59. The molecule has 0 aromatic carbocycles. The van der Waals surface area contributed by atoms with E-state index in [1.807, 2.05) is 0 Å². The van der Waals surface area contributed by atoms with Crippen molar-refractivity contribution in [3.8, 4) is 0 Å². The van der Waals surface area contributed by atoms with Gasteiger partial charge in [0, 0.05) is 12.8 Å². The second-order valence-corrected chi connectivity index (χ2v) is 15.1. The number of hydrogen-bond donors (Lipinski definition) is 4. The van der Waals surface area contributed by atoms with E-state index in [2.05, 4.69) is 50.3 Å². The Morgan fingerprint density at radius 3 is 1.55 bits per heavy atom. The Morgan fingerprint density at radius 1 is 0.564 bits per heavy atom. The van der Waals surface area contributed by atoms with Crippen LogP contribution in [0.4, 0.5) is 0 Å². The first-order chi connectivity index (χ1) is 26.8. The molecule has 1 aliphatic rings. The molecule has 6 atom stereocenters. The Hall–Kier alpha value is -2.08. The van der Waals surface area contributed by atoms with E-state index in [9.17, 15) is 30.0 Å². The van der Waals surface area contributed by atoms with Gasteiger partial charge in [0.15, 0.2) is 12.4 Å². The Morgan fingerprint density at radius 2 is 1.02 bits per heavy atom. The lowest BCUT2D eigenvalue weighted by Gasteiger charge is -2.39. The molecular formula is C45H80O10. The highest BCUT2D eigenvalue weighted by molar-refractivity contribution is 5.70. The van der Waals surface area contributed by atoms with E-state index in [4.69, 9.17) is 18.9 Å². The summed E-state index contributed by atoms with van der Waals surface area (Å²) in [6.07, 6.45) is 32.9. The first-order valence-corrected chi connectivity index (χ1v) is 22.1. The standard InChI is InChI=1S/C45H80O10/c1-3-5-7-9-11-13-15-17-19-20-22-24-26-28-30-32-34-41(48)54-38(37-53-45-44(51)43(50)42(49)39(35-46)55-45)36-52-40(47)33-31-29-27-25-23-21-18-16-14-12-10-8-6-4-2/h13,15-16,18-20,38-39,42-46,49-51H,3-12,14,17,21-37H2,1-2H3/b15-13-,18-16-,20-19-. The van der Waals surface area contributed by atoms with Gasteiger partial charge in [0.05, 0.1) is 13.2 Å². The van der Waals surface area contributed by atoms with Crippen LogP contribution in [0.3, 0.4) is 0 Å². The number of allylic oxidation sites excluding steroid dienone is 6. The van der Waals surface area contributed by atoms with Crippen LogP contribution in [0.1, 0.15) is 181 Å². The van der Waals surface area contributed by atoms with Gasteiger partial charge in [0.1, 0.15) is 31.0 Å². The van der Waals surface area contributed by atoms with Crippen molar-refractivity contribution in [2.75, 3.05) is 19.8 Å². The van der Waals surface area contributed by atoms with Crippen molar-refractivity contribution in [3.63, 3.8) is 0 Å². The van der Waals surface area contributed by atoms with Crippen molar-refractivity contribution >= 4 is 11.9 Å². The summed E-state index contributed by atoms with van der Waals surface area (Å²) in [5.41, 5.74) is 0. The zero-order valence-electron chi connectivity index (χ0n) is 34.7. The second kappa shape index (κ2) is 36.3. The molecule has 0 aromatic rings. The fourth-order valence-corrected chi connectivity index (χ4v) is 6.45. The molecule has 1 rings (SSSR count). The van der Waals surface area contributed by atoms with Crippen LogP contribution in [-0.2, 0) is 28.5 Å². The van der Waals surface area contributed by atoms with E-state index in [-0.39, 0.29) is 32.0 Å². The summed E-state index contributed by atoms with van der Waals surface area (Å²) in [6.45, 7) is 3.37. The Balaban J connectivity index is 2.36. The molecule has 10 nitrogen and oxygen atoms in total. The van der Waals surface area contributed by atoms with E-state index in [0.717, 1.165) is 70.6 Å². The minimum Gasteiger partial charge on any atom is -0.462 e. The molecule has 10 heteroatoms. The lowest BCUT2D eigenvalue weighted by molar-refractivity contribution is -0.305. The maximum absolute atomic E-state index is 12.8. The molecule has 1 aliphatic heterocycles. The number of unbranched alkanes of at least 4 members (excludes halogenated alkanes) is 19. The molecule has 1 fully saturated rings. The number of hydrogen-bond acceptors (Lipinski definition) is 10. The smallest absolute Gasteiger partial charge is 0.306 e. The molecule has 55 heavy (non-hydrogen) atoms. The van der Waals surface area contributed by atoms with Gasteiger partial charge in [-0.25, -0.2) is 0 Å². The Kier molecular flexibility index (Phi) is 33.6. The molecule has 0 aromatic heterocycles. The second-order valence-electron chi connectivity index (χ2n) is 15.1. The first kappa shape index (κ1) is 50.9. The van der Waals surface area contributed by atoms with Crippen LogP contribution in [0.15, 0.2) is 36.5 Å². The molecule has 0 bridgehead atoms. The zero-order chi connectivity index (χ0) is 40.2. The minimum atomic E-state index is -1.60. The Bertz CT molecular complexity index is 996. The maximum Gasteiger partial charge on any atom is 0.306 e. The quantitative estimate of drug-likeness (QED) is 0.0275. The number of aliphatic hydroxyl groups is 4. The molecule has 0 spiro atoms. The van der Waals surface area contributed by atoms with Crippen LogP contribution in [0, 0.1) is 0 Å². The molecule has 1 heterocycles. The number of ether oxygens (including phenoxy) is 4. The summed E-state index contributed by atoms with van der Waals surface area (Å²) < 4.78 is 22.1. The first-order valence-electron chi connectivity index (χ1n) is 22.1. The van der Waals surface area contributed by atoms with Crippen molar-refractivity contribution in [1.29, 1.82) is 0 Å². The predicted molar refractivity (Wildman–Crippen MR) is 219 cm³/mol. The molecule has 6 unspecified atom stereocenters. The van der Waals surface area contributed by atoms with Crippen LogP contribution >= 0.6 is 0 Å². The third-order valence-electron chi connectivity index (χ3n) is 10.00. The number of esters is 2. The number of carbonyl (C=O) groups excluding carboxylic acids is 2. The monoisotopic (exact) mass is 781 g/mol. The highest BCUT2D eigenvalue weighted by Crippen LogP contribution is 2.22. The summed E-state index contributed by atoms with van der Waals surface area (Å²) in [7, 11) is 0. The van der Waals surface area contributed by atoms with Crippen molar-refractivity contribution in [2.24, 2.45) is 0 Å². The van der Waals surface area contributed by atoms with Crippen LogP contribution in [0.25, 0.3) is 0 Å². The van der Waals surface area contributed by atoms with E-state index < -0.39 is 49.4 Å². The fourth-order valence-electron chi connectivity index (χ4n) is 6.45. The van der Waals surface area contributed by atoms with Gasteiger partial charge in [-0.2, -0.15) is 0 Å². The minimum absolute atomic E-state index is 0.212. The van der Waals surface area contributed by atoms with Crippen LogP contribution in [0.2, 0.25) is 0 Å². The van der Waals surface area contributed by atoms with Gasteiger partial charge in [-0.15, -0.1) is 0 Å². The summed E-state index contributed by atoms with van der Waals surface area (Å²) in [5, 5.41) is 40.0. The Labute approximate surface area is 334 Å². The lowest BCUT2D eigenvalue weighted by atomic mass is 9.99. The SMILES string of the molecule is CCCCCC/C=C\C/C=C\CCCCCCCC(=O)OC(COC(=O)CCCCCCC/C=C\CCCCCCC)COC1OC(CO)C(O)C(O)C1O.